The Balaban J connectivity index is 1.68. The highest BCUT2D eigenvalue weighted by molar-refractivity contribution is 6.11. The quantitative estimate of drug-likeness (QED) is 0.455. The van der Waals surface area contributed by atoms with Gasteiger partial charge in [0.25, 0.3) is 0 Å². The molecule has 6 rings (SSSR count). The molecule has 3 nitrogen and oxygen atoms in total. The molecule has 3 heterocycles. The molecule has 1 saturated carbocycles. The zero-order valence-electron chi connectivity index (χ0n) is 18.5. The molecule has 0 radical (unpaired) electrons. The Bertz CT molecular complexity index is 1250. The van der Waals surface area contributed by atoms with E-state index < -0.39 is 0 Å². The Hall–Kier alpha value is -2.68. The van der Waals surface area contributed by atoms with Gasteiger partial charge in [0.15, 0.2) is 5.58 Å². The molecule has 1 aliphatic carbocycles. The van der Waals surface area contributed by atoms with Crippen molar-refractivity contribution in [2.24, 2.45) is 5.41 Å². The molecule has 154 valence electrons. The van der Waals surface area contributed by atoms with Crippen LogP contribution in [0, 0.1) is 5.41 Å². The number of furan rings is 1. The second kappa shape index (κ2) is 5.72. The number of aryl methyl sites for hydroxylation is 1. The lowest BCUT2D eigenvalue weighted by Gasteiger charge is -2.44. The van der Waals surface area contributed by atoms with E-state index >= 15 is 0 Å². The molecule has 3 heteroatoms. The van der Waals surface area contributed by atoms with E-state index in [-0.39, 0.29) is 17.0 Å². The van der Waals surface area contributed by atoms with Crippen LogP contribution in [-0.2, 0) is 11.8 Å². The van der Waals surface area contributed by atoms with E-state index in [1.807, 2.05) is 0 Å². The normalized spacial score (nSPS) is 28.9. The zero-order chi connectivity index (χ0) is 20.8. The molecule has 30 heavy (non-hydrogen) atoms. The van der Waals surface area contributed by atoms with Crippen molar-refractivity contribution in [2.45, 2.75) is 58.0 Å². The number of fused-ring (bicyclic) bond motifs is 10. The average molecular weight is 399 g/mol. The van der Waals surface area contributed by atoms with Gasteiger partial charge in [-0.25, -0.2) is 0 Å². The summed E-state index contributed by atoms with van der Waals surface area (Å²) in [5.74, 6) is 0. The SMILES string of the molecule is C=C1C2(CC)c3ccc4c(oc5ccc(CCC)cc54)c3N3C=CN(C)C3C12CC. The van der Waals surface area contributed by atoms with E-state index in [0.29, 0.717) is 0 Å². The third kappa shape index (κ3) is 1.76. The van der Waals surface area contributed by atoms with Crippen LogP contribution in [0.4, 0.5) is 5.69 Å². The van der Waals surface area contributed by atoms with Crippen LogP contribution in [0.1, 0.15) is 51.2 Å². The Morgan fingerprint density at radius 3 is 2.60 bits per heavy atom. The minimum Gasteiger partial charge on any atom is -0.454 e. The average Bonchev–Trinajstić information content (AvgIpc) is 3.02. The summed E-state index contributed by atoms with van der Waals surface area (Å²) in [5, 5.41) is 2.46. The first-order chi connectivity index (χ1) is 14.5. The van der Waals surface area contributed by atoms with Crippen LogP contribution >= 0.6 is 0 Å². The monoisotopic (exact) mass is 398 g/mol. The van der Waals surface area contributed by atoms with E-state index in [9.17, 15) is 0 Å². The first-order valence-electron chi connectivity index (χ1n) is 11.4. The molecule has 0 N–H and O–H groups in total. The van der Waals surface area contributed by atoms with Gasteiger partial charge in [-0.15, -0.1) is 0 Å². The van der Waals surface area contributed by atoms with E-state index in [1.165, 1.54) is 33.2 Å². The third-order valence-corrected chi connectivity index (χ3v) is 8.33. The predicted molar refractivity (Wildman–Crippen MR) is 125 cm³/mol. The van der Waals surface area contributed by atoms with Crippen molar-refractivity contribution in [3.8, 4) is 0 Å². The Kier molecular flexibility index (Phi) is 3.45. The maximum Gasteiger partial charge on any atom is 0.159 e. The number of hydrogen-bond acceptors (Lipinski definition) is 3. The van der Waals surface area contributed by atoms with Crippen molar-refractivity contribution in [3.05, 3.63) is 66.0 Å². The van der Waals surface area contributed by atoms with Gasteiger partial charge in [0.1, 0.15) is 11.7 Å². The van der Waals surface area contributed by atoms with Crippen molar-refractivity contribution >= 4 is 27.6 Å². The summed E-state index contributed by atoms with van der Waals surface area (Å²) in [7, 11) is 2.20. The van der Waals surface area contributed by atoms with E-state index in [4.69, 9.17) is 4.42 Å². The van der Waals surface area contributed by atoms with Crippen LogP contribution in [0.15, 0.2) is 59.3 Å². The number of anilines is 1. The van der Waals surface area contributed by atoms with E-state index in [2.05, 4.69) is 86.9 Å². The fourth-order valence-electron chi connectivity index (χ4n) is 7.05. The molecule has 2 aromatic carbocycles. The van der Waals surface area contributed by atoms with Crippen molar-refractivity contribution in [1.29, 1.82) is 0 Å². The standard InChI is InChI=1S/C27H30N2O/c1-6-9-18-10-13-22-20(16-18)19-11-12-21-23(24(19)30-22)29-15-14-28(5)25(29)27(8-3)17(4)26(21,27)7-2/h10-16,25H,4,6-9H2,1-3,5H3. The summed E-state index contributed by atoms with van der Waals surface area (Å²) in [6.45, 7) is 11.5. The molecule has 3 unspecified atom stereocenters. The molecule has 1 fully saturated rings. The fourth-order valence-corrected chi connectivity index (χ4v) is 7.05. The maximum atomic E-state index is 6.56. The van der Waals surface area contributed by atoms with Crippen molar-refractivity contribution in [1.82, 2.24) is 4.90 Å². The molecular formula is C27H30N2O. The molecule has 3 atom stereocenters. The summed E-state index contributed by atoms with van der Waals surface area (Å²) in [6.07, 6.45) is 9.17. The van der Waals surface area contributed by atoms with Crippen molar-refractivity contribution in [2.75, 3.05) is 11.9 Å². The number of rotatable bonds is 4. The molecule has 0 spiro atoms. The number of benzene rings is 2. The highest BCUT2D eigenvalue weighted by atomic mass is 16.3. The summed E-state index contributed by atoms with van der Waals surface area (Å²) in [4.78, 5) is 4.83. The number of nitrogens with zero attached hydrogens (tertiary/aromatic N) is 2. The maximum absolute atomic E-state index is 6.56. The molecule has 0 amide bonds. The third-order valence-electron chi connectivity index (χ3n) is 8.33. The zero-order valence-corrected chi connectivity index (χ0v) is 18.5. The Morgan fingerprint density at radius 1 is 1.03 bits per heavy atom. The largest absolute Gasteiger partial charge is 0.454 e. The first-order valence-corrected chi connectivity index (χ1v) is 11.4. The van der Waals surface area contributed by atoms with Crippen LogP contribution < -0.4 is 4.90 Å². The van der Waals surface area contributed by atoms with Crippen molar-refractivity contribution in [3.63, 3.8) is 0 Å². The molecule has 2 aliphatic heterocycles. The van der Waals surface area contributed by atoms with Gasteiger partial charge >= 0.3 is 0 Å². The van der Waals surface area contributed by atoms with Crippen LogP contribution in [0.5, 0.6) is 0 Å². The molecular weight excluding hydrogens is 368 g/mol. The lowest BCUT2D eigenvalue weighted by atomic mass is 9.76. The van der Waals surface area contributed by atoms with E-state index in [0.717, 1.165) is 36.8 Å². The van der Waals surface area contributed by atoms with Crippen LogP contribution in [0.3, 0.4) is 0 Å². The lowest BCUT2D eigenvalue weighted by Crippen LogP contribution is -2.50. The molecule has 0 saturated heterocycles. The summed E-state index contributed by atoms with van der Waals surface area (Å²) in [5.41, 5.74) is 7.57. The molecule has 0 bridgehead atoms. The van der Waals surface area contributed by atoms with Gasteiger partial charge in [-0.05, 0) is 42.5 Å². The topological polar surface area (TPSA) is 19.6 Å². The molecule has 3 aromatic rings. The van der Waals surface area contributed by atoms with Gasteiger partial charge in [0.05, 0.1) is 5.69 Å². The van der Waals surface area contributed by atoms with Crippen LogP contribution in [0.2, 0.25) is 0 Å². The van der Waals surface area contributed by atoms with Crippen LogP contribution in [0.25, 0.3) is 21.9 Å². The highest BCUT2D eigenvalue weighted by Gasteiger charge is 2.77. The van der Waals surface area contributed by atoms with Gasteiger partial charge < -0.3 is 14.2 Å². The second-order valence-electron chi connectivity index (χ2n) is 9.33. The summed E-state index contributed by atoms with van der Waals surface area (Å²) >= 11 is 0. The van der Waals surface area contributed by atoms with Crippen molar-refractivity contribution < 1.29 is 4.42 Å². The van der Waals surface area contributed by atoms with Gasteiger partial charge in [0.2, 0.25) is 0 Å². The Morgan fingerprint density at radius 2 is 1.87 bits per heavy atom. The predicted octanol–water partition coefficient (Wildman–Crippen LogP) is 6.72. The minimum absolute atomic E-state index is 0.0407. The minimum atomic E-state index is 0.0407. The van der Waals surface area contributed by atoms with Gasteiger partial charge in [-0.1, -0.05) is 57.5 Å². The molecule has 3 aliphatic rings. The first kappa shape index (κ1) is 18.1. The lowest BCUT2D eigenvalue weighted by molar-refractivity contribution is 0.194. The van der Waals surface area contributed by atoms with Gasteiger partial charge in [-0.3, -0.25) is 0 Å². The highest BCUT2D eigenvalue weighted by Crippen LogP contribution is 2.79. The molecule has 1 aromatic heterocycles. The van der Waals surface area contributed by atoms with E-state index in [1.54, 1.807) is 0 Å². The van der Waals surface area contributed by atoms with Crippen LogP contribution in [-0.4, -0.2) is 18.1 Å². The Labute approximate surface area is 178 Å². The van der Waals surface area contributed by atoms with Gasteiger partial charge in [0, 0.05) is 41.1 Å². The van der Waals surface area contributed by atoms with Gasteiger partial charge in [-0.2, -0.15) is 0 Å². The number of hydrogen-bond donors (Lipinski definition) is 0. The smallest absolute Gasteiger partial charge is 0.159 e. The fraction of sp³-hybridized carbons (Fsp3) is 0.407. The summed E-state index contributed by atoms with van der Waals surface area (Å²) in [6, 6.07) is 11.4. The summed E-state index contributed by atoms with van der Waals surface area (Å²) < 4.78 is 6.56. The second-order valence-corrected chi connectivity index (χ2v) is 9.33.